The minimum atomic E-state index is -0.682. The zero-order chi connectivity index (χ0) is 14.5. The Hall–Kier alpha value is -1.86. The third kappa shape index (κ3) is 3.58. The topological polar surface area (TPSA) is 60.2 Å². The lowest BCUT2D eigenvalue weighted by Crippen LogP contribution is -2.32. The molecule has 0 aliphatic rings. The smallest absolute Gasteiger partial charge is 0.228 e. The van der Waals surface area contributed by atoms with Gasteiger partial charge in [-0.25, -0.2) is 8.78 Å². The van der Waals surface area contributed by atoms with Crippen molar-refractivity contribution in [2.24, 2.45) is 0 Å². The van der Waals surface area contributed by atoms with Crippen LogP contribution >= 0.6 is 0 Å². The van der Waals surface area contributed by atoms with E-state index in [9.17, 15) is 8.78 Å². The average molecular weight is 283 g/mol. The van der Waals surface area contributed by atoms with Gasteiger partial charge in [-0.05, 0) is 19.2 Å². The molecule has 108 valence electrons. The van der Waals surface area contributed by atoms with E-state index in [1.165, 1.54) is 0 Å². The molecule has 5 nitrogen and oxygen atoms in total. The Kier molecular flexibility index (Phi) is 4.75. The summed E-state index contributed by atoms with van der Waals surface area (Å²) in [5.74, 6) is -0.829. The van der Waals surface area contributed by atoms with E-state index in [0.29, 0.717) is 18.9 Å². The maximum atomic E-state index is 13.1. The lowest BCUT2D eigenvalue weighted by Gasteiger charge is -2.11. The lowest BCUT2D eigenvalue weighted by atomic mass is 10.2. The zero-order valence-electron chi connectivity index (χ0n) is 11.2. The Labute approximate surface area is 114 Å². The first-order valence-corrected chi connectivity index (χ1v) is 6.07. The molecule has 1 N–H and O–H groups in total. The summed E-state index contributed by atoms with van der Waals surface area (Å²) in [6.45, 7) is 0.489. The molecule has 2 aromatic rings. The van der Waals surface area contributed by atoms with Crippen molar-refractivity contribution in [3.05, 3.63) is 35.7 Å². The minimum Gasteiger partial charge on any atom is -0.383 e. The maximum Gasteiger partial charge on any atom is 0.228 e. The molecule has 0 aliphatic heterocycles. The number of nitrogens with one attached hydrogen (secondary N) is 1. The van der Waals surface area contributed by atoms with E-state index in [2.05, 4.69) is 15.5 Å². The second-order valence-electron chi connectivity index (χ2n) is 4.31. The highest BCUT2D eigenvalue weighted by molar-refractivity contribution is 5.54. The van der Waals surface area contributed by atoms with Crippen LogP contribution in [0.2, 0.25) is 0 Å². The third-order valence-corrected chi connectivity index (χ3v) is 2.79. The van der Waals surface area contributed by atoms with Gasteiger partial charge in [0.05, 0.1) is 6.61 Å². The molecule has 1 heterocycles. The molecule has 0 aliphatic carbocycles. The van der Waals surface area contributed by atoms with Crippen molar-refractivity contribution >= 4 is 0 Å². The number of methoxy groups -OCH3 is 1. The summed E-state index contributed by atoms with van der Waals surface area (Å²) in [6.07, 6.45) is 0.467. The Morgan fingerprint density at radius 1 is 1.30 bits per heavy atom. The number of hydrogen-bond acceptors (Lipinski definition) is 5. The summed E-state index contributed by atoms with van der Waals surface area (Å²) in [7, 11) is 3.39. The number of halogens is 2. The molecule has 0 bridgehead atoms. The number of nitrogens with zero attached hydrogens (tertiary/aromatic N) is 2. The van der Waals surface area contributed by atoms with Crippen LogP contribution in [-0.2, 0) is 11.2 Å². The quantitative estimate of drug-likeness (QED) is 0.876. The fourth-order valence-corrected chi connectivity index (χ4v) is 1.79. The monoisotopic (exact) mass is 283 g/mol. The van der Waals surface area contributed by atoms with Gasteiger partial charge in [-0.2, -0.15) is 4.98 Å². The van der Waals surface area contributed by atoms with Crippen LogP contribution in [0.15, 0.2) is 22.7 Å². The summed E-state index contributed by atoms with van der Waals surface area (Å²) >= 11 is 0. The maximum absolute atomic E-state index is 13.1. The third-order valence-electron chi connectivity index (χ3n) is 2.79. The normalized spacial score (nSPS) is 12.6. The van der Waals surface area contributed by atoms with Crippen molar-refractivity contribution in [3.63, 3.8) is 0 Å². The van der Waals surface area contributed by atoms with Gasteiger partial charge < -0.3 is 14.6 Å². The SMILES string of the molecule is CNC(COC)Cc1nc(-c2cc(F)cc(F)c2)no1. The number of hydrogen-bond donors (Lipinski definition) is 1. The van der Waals surface area contributed by atoms with Crippen molar-refractivity contribution in [2.75, 3.05) is 20.8 Å². The molecular formula is C13H15F2N3O2. The van der Waals surface area contributed by atoms with Crippen LogP contribution in [0.1, 0.15) is 5.89 Å². The van der Waals surface area contributed by atoms with Crippen molar-refractivity contribution < 1.29 is 18.0 Å². The van der Waals surface area contributed by atoms with Crippen molar-refractivity contribution in [2.45, 2.75) is 12.5 Å². The highest BCUT2D eigenvalue weighted by Gasteiger charge is 2.15. The van der Waals surface area contributed by atoms with Gasteiger partial charge in [0.1, 0.15) is 11.6 Å². The zero-order valence-corrected chi connectivity index (χ0v) is 11.2. The molecule has 20 heavy (non-hydrogen) atoms. The molecule has 0 saturated heterocycles. The Morgan fingerprint density at radius 3 is 2.60 bits per heavy atom. The number of ether oxygens (including phenoxy) is 1. The lowest BCUT2D eigenvalue weighted by molar-refractivity contribution is 0.165. The summed E-state index contributed by atoms with van der Waals surface area (Å²) in [6, 6.07) is 3.13. The predicted molar refractivity (Wildman–Crippen MR) is 68.1 cm³/mol. The van der Waals surface area contributed by atoms with Gasteiger partial charge in [-0.15, -0.1) is 0 Å². The van der Waals surface area contributed by atoms with E-state index in [-0.39, 0.29) is 17.4 Å². The fourth-order valence-electron chi connectivity index (χ4n) is 1.79. The summed E-state index contributed by atoms with van der Waals surface area (Å²) in [5, 5.41) is 6.77. The van der Waals surface area contributed by atoms with Crippen LogP contribution in [0, 0.1) is 11.6 Å². The largest absolute Gasteiger partial charge is 0.383 e. The molecule has 0 radical (unpaired) electrons. The van der Waals surface area contributed by atoms with Gasteiger partial charge in [0.15, 0.2) is 0 Å². The number of aromatic nitrogens is 2. The molecule has 1 unspecified atom stereocenters. The number of rotatable bonds is 6. The number of benzene rings is 1. The fraction of sp³-hybridized carbons (Fsp3) is 0.385. The summed E-state index contributed by atoms with van der Waals surface area (Å²) < 4.78 is 36.4. The predicted octanol–water partition coefficient (Wildman–Crippen LogP) is 1.79. The van der Waals surface area contributed by atoms with Gasteiger partial charge in [-0.1, -0.05) is 5.16 Å². The van der Waals surface area contributed by atoms with Crippen LogP contribution in [0.5, 0.6) is 0 Å². The highest BCUT2D eigenvalue weighted by Crippen LogP contribution is 2.19. The van der Waals surface area contributed by atoms with E-state index >= 15 is 0 Å². The van der Waals surface area contributed by atoms with Crippen LogP contribution in [0.3, 0.4) is 0 Å². The molecule has 1 aromatic carbocycles. The van der Waals surface area contributed by atoms with Gasteiger partial charge in [0.25, 0.3) is 0 Å². The molecule has 0 spiro atoms. The first-order valence-electron chi connectivity index (χ1n) is 6.07. The van der Waals surface area contributed by atoms with Gasteiger partial charge in [-0.3, -0.25) is 0 Å². The van der Waals surface area contributed by atoms with Crippen LogP contribution in [0.25, 0.3) is 11.4 Å². The standard InChI is InChI=1S/C13H15F2N3O2/c1-16-11(7-19-2)6-12-17-13(18-20-12)8-3-9(14)5-10(15)4-8/h3-5,11,16H,6-7H2,1-2H3. The number of likely N-dealkylation sites (N-methyl/N-ethyl adjacent to an activating group) is 1. The second-order valence-corrected chi connectivity index (χ2v) is 4.31. The summed E-state index contributed by atoms with van der Waals surface area (Å²) in [5.41, 5.74) is 0.241. The van der Waals surface area contributed by atoms with Crippen molar-refractivity contribution in [3.8, 4) is 11.4 Å². The molecule has 0 amide bonds. The van der Waals surface area contributed by atoms with E-state index in [4.69, 9.17) is 9.26 Å². The first kappa shape index (κ1) is 14.5. The van der Waals surface area contributed by atoms with Crippen LogP contribution in [-0.4, -0.2) is 36.9 Å². The Morgan fingerprint density at radius 2 is 2.00 bits per heavy atom. The molecular weight excluding hydrogens is 268 g/mol. The highest BCUT2D eigenvalue weighted by atomic mass is 19.1. The summed E-state index contributed by atoms with van der Waals surface area (Å²) in [4.78, 5) is 4.13. The van der Waals surface area contributed by atoms with Gasteiger partial charge in [0.2, 0.25) is 11.7 Å². The molecule has 0 fully saturated rings. The van der Waals surface area contributed by atoms with E-state index < -0.39 is 11.6 Å². The van der Waals surface area contributed by atoms with E-state index in [1.54, 1.807) is 14.2 Å². The second kappa shape index (κ2) is 6.53. The van der Waals surface area contributed by atoms with Gasteiger partial charge in [0, 0.05) is 31.2 Å². The molecule has 1 atom stereocenters. The average Bonchev–Trinajstić information content (AvgIpc) is 2.85. The first-order chi connectivity index (χ1) is 9.62. The van der Waals surface area contributed by atoms with E-state index in [0.717, 1.165) is 18.2 Å². The molecule has 7 heteroatoms. The van der Waals surface area contributed by atoms with Crippen molar-refractivity contribution in [1.82, 2.24) is 15.5 Å². The van der Waals surface area contributed by atoms with Crippen LogP contribution in [0.4, 0.5) is 8.78 Å². The van der Waals surface area contributed by atoms with Crippen molar-refractivity contribution in [1.29, 1.82) is 0 Å². The molecule has 2 rings (SSSR count). The molecule has 1 aromatic heterocycles. The Bertz CT molecular complexity index is 554. The van der Waals surface area contributed by atoms with E-state index in [1.807, 2.05) is 0 Å². The van der Waals surface area contributed by atoms with Crippen LogP contribution < -0.4 is 5.32 Å². The molecule has 0 saturated carbocycles. The Balaban J connectivity index is 2.15. The van der Waals surface area contributed by atoms with Gasteiger partial charge >= 0.3 is 0 Å². The minimum absolute atomic E-state index is 0.0255.